The van der Waals surface area contributed by atoms with Crippen LogP contribution in [0.1, 0.15) is 39.5 Å². The third-order valence-electron chi connectivity index (χ3n) is 3.63. The van der Waals surface area contributed by atoms with Crippen LogP contribution in [0, 0.1) is 5.92 Å². The van der Waals surface area contributed by atoms with Crippen LogP contribution >= 0.6 is 0 Å². The van der Waals surface area contributed by atoms with Gasteiger partial charge in [0.1, 0.15) is 0 Å². The van der Waals surface area contributed by atoms with Gasteiger partial charge in [0.2, 0.25) is 0 Å². The smallest absolute Gasteiger partial charge is 0.183 e. The second kappa shape index (κ2) is 5.37. The summed E-state index contributed by atoms with van der Waals surface area (Å²) in [6, 6.07) is 0.511. The van der Waals surface area contributed by atoms with E-state index in [-0.39, 0.29) is 0 Å². The quantitative estimate of drug-likeness (QED) is 0.574. The predicted molar refractivity (Wildman–Crippen MR) is 69.4 cm³/mol. The van der Waals surface area contributed by atoms with Gasteiger partial charge in [-0.3, -0.25) is 0 Å². The molecule has 0 aromatic rings. The molecule has 0 saturated carbocycles. The second-order valence-electron chi connectivity index (χ2n) is 5.62. The first-order valence-electron chi connectivity index (χ1n) is 6.60. The molecule has 1 heterocycles. The summed E-state index contributed by atoms with van der Waals surface area (Å²) in [5.74, 6) is 0.709. The third kappa shape index (κ3) is 2.89. The second-order valence-corrected chi connectivity index (χ2v) is 5.62. The van der Waals surface area contributed by atoms with Gasteiger partial charge >= 0.3 is 0 Å². The normalized spacial score (nSPS) is 27.3. The molecular formula is C13H23BN2. The molecule has 0 fully saturated rings. The first-order chi connectivity index (χ1) is 7.66. The van der Waals surface area contributed by atoms with Crippen LogP contribution in [-0.2, 0) is 0 Å². The molecule has 0 bridgehead atoms. The van der Waals surface area contributed by atoms with Gasteiger partial charge in [0.25, 0.3) is 0 Å². The van der Waals surface area contributed by atoms with Gasteiger partial charge in [-0.15, -0.1) is 0 Å². The third-order valence-corrected chi connectivity index (χ3v) is 3.63. The first-order valence-corrected chi connectivity index (χ1v) is 6.60. The number of nitrogens with one attached hydrogen (secondary N) is 1. The van der Waals surface area contributed by atoms with Crippen LogP contribution in [0.25, 0.3) is 0 Å². The summed E-state index contributed by atoms with van der Waals surface area (Å²) in [6.07, 6.45) is 5.27. The maximum absolute atomic E-state index is 6.00. The molecule has 1 N–H and O–H groups in total. The van der Waals surface area contributed by atoms with E-state index in [9.17, 15) is 0 Å². The lowest BCUT2D eigenvalue weighted by Crippen LogP contribution is -2.48. The molecule has 2 rings (SSSR count). The van der Waals surface area contributed by atoms with E-state index in [2.05, 4.69) is 19.2 Å². The molecule has 2 aliphatic rings. The molecule has 1 aliphatic carbocycles. The molecule has 3 heteroatoms. The summed E-state index contributed by atoms with van der Waals surface area (Å²) in [6.45, 7) is 7.58. The standard InChI is InChI=1S/C13H23BN2/c1-10(2)7-15-13-9-16(14)8-11-5-3-4-6-12(11)13/h10,13,15H,3-9H2,1-2H3. The summed E-state index contributed by atoms with van der Waals surface area (Å²) in [5, 5.41) is 3.67. The first kappa shape index (κ1) is 12.2. The molecule has 16 heavy (non-hydrogen) atoms. The van der Waals surface area contributed by atoms with Crippen molar-refractivity contribution in [3.8, 4) is 0 Å². The Bertz CT molecular complexity index is 273. The highest BCUT2D eigenvalue weighted by molar-refractivity contribution is 6.04. The largest absolute Gasteiger partial charge is 0.349 e. The minimum Gasteiger partial charge on any atom is -0.349 e. The van der Waals surface area contributed by atoms with E-state index in [4.69, 9.17) is 7.98 Å². The van der Waals surface area contributed by atoms with E-state index in [1.165, 1.54) is 25.7 Å². The summed E-state index contributed by atoms with van der Waals surface area (Å²) in [4.78, 5) is 1.97. The van der Waals surface area contributed by atoms with Crippen molar-refractivity contribution in [1.82, 2.24) is 10.1 Å². The average Bonchev–Trinajstić information content (AvgIpc) is 2.25. The molecule has 2 nitrogen and oxygen atoms in total. The van der Waals surface area contributed by atoms with E-state index in [0.717, 1.165) is 19.6 Å². The van der Waals surface area contributed by atoms with Crippen LogP contribution in [0.15, 0.2) is 11.1 Å². The van der Waals surface area contributed by atoms with Crippen molar-refractivity contribution in [2.45, 2.75) is 45.6 Å². The van der Waals surface area contributed by atoms with E-state index in [0.29, 0.717) is 12.0 Å². The molecule has 0 saturated heterocycles. The van der Waals surface area contributed by atoms with Gasteiger partial charge in [-0.05, 0) is 38.1 Å². The molecule has 0 spiro atoms. The van der Waals surface area contributed by atoms with Gasteiger partial charge < -0.3 is 10.1 Å². The minimum atomic E-state index is 0.511. The molecule has 0 amide bonds. The minimum absolute atomic E-state index is 0.511. The highest BCUT2D eigenvalue weighted by Crippen LogP contribution is 2.30. The average molecular weight is 218 g/mol. The van der Waals surface area contributed by atoms with E-state index >= 15 is 0 Å². The Morgan fingerprint density at radius 3 is 2.88 bits per heavy atom. The molecule has 2 radical (unpaired) electrons. The van der Waals surface area contributed by atoms with Crippen molar-refractivity contribution in [3.63, 3.8) is 0 Å². The molecule has 88 valence electrons. The van der Waals surface area contributed by atoms with Crippen LogP contribution in [0.4, 0.5) is 0 Å². The fourth-order valence-electron chi connectivity index (χ4n) is 2.81. The molecule has 0 aromatic heterocycles. The van der Waals surface area contributed by atoms with Gasteiger partial charge in [-0.2, -0.15) is 0 Å². The van der Waals surface area contributed by atoms with Crippen LogP contribution in [0.5, 0.6) is 0 Å². The SMILES string of the molecule is [B]N1CC2=C(CCCC2)C(NCC(C)C)C1. The van der Waals surface area contributed by atoms with Gasteiger partial charge in [0.05, 0.1) is 0 Å². The van der Waals surface area contributed by atoms with Gasteiger partial charge in [0, 0.05) is 19.1 Å². The Kier molecular flexibility index (Phi) is 4.09. The van der Waals surface area contributed by atoms with Crippen molar-refractivity contribution in [2.75, 3.05) is 19.6 Å². The lowest BCUT2D eigenvalue weighted by Gasteiger charge is -2.38. The monoisotopic (exact) mass is 218 g/mol. The highest BCUT2D eigenvalue weighted by Gasteiger charge is 2.26. The maximum atomic E-state index is 6.00. The molecule has 1 atom stereocenters. The highest BCUT2D eigenvalue weighted by atomic mass is 15.1. The zero-order chi connectivity index (χ0) is 11.5. The molecular weight excluding hydrogens is 195 g/mol. The Morgan fingerprint density at radius 1 is 1.38 bits per heavy atom. The Balaban J connectivity index is 2.04. The summed E-state index contributed by atoms with van der Waals surface area (Å²) < 4.78 is 0. The van der Waals surface area contributed by atoms with Crippen LogP contribution in [0.2, 0.25) is 0 Å². The number of rotatable bonds is 3. The van der Waals surface area contributed by atoms with Gasteiger partial charge in [-0.1, -0.05) is 25.0 Å². The number of hydrogen-bond donors (Lipinski definition) is 1. The van der Waals surface area contributed by atoms with E-state index in [1.54, 1.807) is 11.1 Å². The van der Waals surface area contributed by atoms with E-state index in [1.807, 2.05) is 4.81 Å². The lowest BCUT2D eigenvalue weighted by molar-refractivity contribution is 0.353. The summed E-state index contributed by atoms with van der Waals surface area (Å²) >= 11 is 0. The number of hydrogen-bond acceptors (Lipinski definition) is 2. The van der Waals surface area contributed by atoms with Crippen molar-refractivity contribution in [2.24, 2.45) is 5.92 Å². The number of nitrogens with zero attached hydrogens (tertiary/aromatic N) is 1. The topological polar surface area (TPSA) is 15.3 Å². The van der Waals surface area contributed by atoms with Crippen LogP contribution in [0.3, 0.4) is 0 Å². The van der Waals surface area contributed by atoms with Gasteiger partial charge in [0.15, 0.2) is 7.98 Å². The Labute approximate surface area is 101 Å². The van der Waals surface area contributed by atoms with Crippen LogP contribution in [-0.4, -0.2) is 38.5 Å². The maximum Gasteiger partial charge on any atom is 0.183 e. The molecule has 0 aromatic carbocycles. The van der Waals surface area contributed by atoms with Crippen molar-refractivity contribution < 1.29 is 0 Å². The van der Waals surface area contributed by atoms with Crippen molar-refractivity contribution in [1.29, 1.82) is 0 Å². The fraction of sp³-hybridized carbons (Fsp3) is 0.846. The molecule has 1 aliphatic heterocycles. The zero-order valence-corrected chi connectivity index (χ0v) is 10.6. The van der Waals surface area contributed by atoms with E-state index < -0.39 is 0 Å². The Hall–Kier alpha value is -0.275. The summed E-state index contributed by atoms with van der Waals surface area (Å²) in [7, 11) is 6.00. The fourth-order valence-corrected chi connectivity index (χ4v) is 2.81. The Morgan fingerprint density at radius 2 is 2.12 bits per heavy atom. The van der Waals surface area contributed by atoms with Crippen molar-refractivity contribution in [3.05, 3.63) is 11.1 Å². The zero-order valence-electron chi connectivity index (χ0n) is 10.6. The molecule has 1 unspecified atom stereocenters. The lowest BCUT2D eigenvalue weighted by atomic mass is 9.83. The van der Waals surface area contributed by atoms with Gasteiger partial charge in [-0.25, -0.2) is 0 Å². The summed E-state index contributed by atoms with van der Waals surface area (Å²) in [5.41, 5.74) is 3.29. The van der Waals surface area contributed by atoms with Crippen molar-refractivity contribution >= 4 is 7.98 Å². The predicted octanol–water partition coefficient (Wildman–Crippen LogP) is 1.87. The van der Waals surface area contributed by atoms with Crippen LogP contribution < -0.4 is 5.32 Å².